The lowest BCUT2D eigenvalue weighted by Crippen LogP contribution is -2.38. The largest absolute Gasteiger partial charge is 0.372 e. The molecule has 1 saturated heterocycles. The van der Waals surface area contributed by atoms with Crippen molar-refractivity contribution in [2.24, 2.45) is 5.92 Å². The van der Waals surface area contributed by atoms with Gasteiger partial charge in [0.05, 0.1) is 0 Å². The first kappa shape index (κ1) is 9.56. The lowest BCUT2D eigenvalue weighted by atomic mass is 9.85. The van der Waals surface area contributed by atoms with Crippen LogP contribution in [0, 0.1) is 5.92 Å². The zero-order valence-electron chi connectivity index (χ0n) is 8.73. The number of hydrogen-bond donors (Lipinski definition) is 2. The van der Waals surface area contributed by atoms with Crippen LogP contribution in [0.2, 0.25) is 0 Å². The Labute approximate surface area is 84.9 Å². The van der Waals surface area contributed by atoms with Crippen molar-refractivity contribution in [1.82, 2.24) is 10.6 Å². The first-order chi connectivity index (χ1) is 6.77. The average molecular weight is 194 g/mol. The van der Waals surface area contributed by atoms with E-state index in [0.717, 1.165) is 50.2 Å². The number of carbonyl (C=O) groups is 1. The summed E-state index contributed by atoms with van der Waals surface area (Å²) in [6.45, 7) is 4.21. The van der Waals surface area contributed by atoms with Crippen LogP contribution in [0.1, 0.15) is 32.6 Å². The summed E-state index contributed by atoms with van der Waals surface area (Å²) in [6, 6.07) is 0. The summed E-state index contributed by atoms with van der Waals surface area (Å²) in [6.07, 6.45) is 3.85. The van der Waals surface area contributed by atoms with Crippen LogP contribution in [0.4, 0.5) is 0 Å². The molecule has 1 aliphatic carbocycles. The van der Waals surface area contributed by atoms with Crippen LogP contribution in [-0.4, -0.2) is 18.9 Å². The van der Waals surface area contributed by atoms with Crippen LogP contribution in [-0.2, 0) is 4.79 Å². The molecule has 3 heteroatoms. The Morgan fingerprint density at radius 3 is 2.71 bits per heavy atom. The summed E-state index contributed by atoms with van der Waals surface area (Å²) in [5, 5.41) is 6.57. The van der Waals surface area contributed by atoms with Gasteiger partial charge >= 0.3 is 0 Å². The van der Waals surface area contributed by atoms with Gasteiger partial charge in [-0.2, -0.15) is 0 Å². The molecule has 0 bridgehead atoms. The second-order valence-electron chi connectivity index (χ2n) is 4.33. The molecule has 78 valence electrons. The molecule has 2 N–H and O–H groups in total. The van der Waals surface area contributed by atoms with Gasteiger partial charge in [-0.25, -0.2) is 0 Å². The molecule has 1 saturated carbocycles. The molecule has 0 radical (unpaired) electrons. The minimum Gasteiger partial charge on any atom is -0.372 e. The molecule has 14 heavy (non-hydrogen) atoms. The Bertz CT molecular complexity index is 262. The molecular formula is C11H18N2O. The summed E-state index contributed by atoms with van der Waals surface area (Å²) in [4.78, 5) is 11.7. The van der Waals surface area contributed by atoms with E-state index in [-0.39, 0.29) is 0 Å². The summed E-state index contributed by atoms with van der Waals surface area (Å²) < 4.78 is 0. The molecule has 1 atom stereocenters. The van der Waals surface area contributed by atoms with Crippen molar-refractivity contribution in [2.75, 3.05) is 13.1 Å². The van der Waals surface area contributed by atoms with Crippen molar-refractivity contribution in [3.63, 3.8) is 0 Å². The average Bonchev–Trinajstić information content (AvgIpc) is 2.23. The van der Waals surface area contributed by atoms with Crippen LogP contribution in [0.3, 0.4) is 0 Å². The van der Waals surface area contributed by atoms with Gasteiger partial charge in [-0.05, 0) is 25.2 Å². The Balaban J connectivity index is 2.15. The van der Waals surface area contributed by atoms with E-state index in [1.807, 2.05) is 0 Å². The number of allylic oxidation sites excluding steroid dienone is 1. The van der Waals surface area contributed by atoms with Crippen LogP contribution in [0.25, 0.3) is 0 Å². The fraction of sp³-hybridized carbons (Fsp3) is 0.727. The maximum atomic E-state index is 11.7. The Kier molecular flexibility index (Phi) is 2.75. The van der Waals surface area contributed by atoms with Gasteiger partial charge in [-0.1, -0.05) is 6.92 Å². The minimum atomic E-state index is 0.333. The molecule has 0 aromatic rings. The van der Waals surface area contributed by atoms with Crippen molar-refractivity contribution in [2.45, 2.75) is 32.6 Å². The SMILES string of the molecule is CC1CCC(=O)C(=C2NCCCN2)C1. The van der Waals surface area contributed by atoms with E-state index >= 15 is 0 Å². The summed E-state index contributed by atoms with van der Waals surface area (Å²) in [5.41, 5.74) is 1.00. The molecule has 2 aliphatic rings. The van der Waals surface area contributed by atoms with Crippen molar-refractivity contribution >= 4 is 5.78 Å². The second-order valence-corrected chi connectivity index (χ2v) is 4.33. The van der Waals surface area contributed by atoms with E-state index < -0.39 is 0 Å². The molecule has 0 spiro atoms. The number of rotatable bonds is 0. The summed E-state index contributed by atoms with van der Waals surface area (Å²) in [7, 11) is 0. The van der Waals surface area contributed by atoms with E-state index in [9.17, 15) is 4.79 Å². The highest BCUT2D eigenvalue weighted by molar-refractivity contribution is 5.96. The van der Waals surface area contributed by atoms with Gasteiger partial charge in [0.15, 0.2) is 5.78 Å². The molecule has 1 aliphatic heterocycles. The van der Waals surface area contributed by atoms with E-state index in [0.29, 0.717) is 11.7 Å². The van der Waals surface area contributed by atoms with Gasteiger partial charge in [0, 0.05) is 25.1 Å². The van der Waals surface area contributed by atoms with Crippen molar-refractivity contribution in [1.29, 1.82) is 0 Å². The Hall–Kier alpha value is -0.990. The van der Waals surface area contributed by atoms with E-state index in [4.69, 9.17) is 0 Å². The summed E-state index contributed by atoms with van der Waals surface area (Å²) in [5.74, 6) is 1.99. The first-order valence-electron chi connectivity index (χ1n) is 5.51. The number of hydrogen-bond acceptors (Lipinski definition) is 3. The zero-order chi connectivity index (χ0) is 9.97. The van der Waals surface area contributed by atoms with Crippen molar-refractivity contribution in [3.8, 4) is 0 Å². The van der Waals surface area contributed by atoms with Crippen LogP contribution in [0.5, 0.6) is 0 Å². The third-order valence-electron chi connectivity index (χ3n) is 3.01. The molecular weight excluding hydrogens is 176 g/mol. The summed E-state index contributed by atoms with van der Waals surface area (Å²) >= 11 is 0. The van der Waals surface area contributed by atoms with Crippen LogP contribution >= 0.6 is 0 Å². The smallest absolute Gasteiger partial charge is 0.162 e. The lowest BCUT2D eigenvalue weighted by Gasteiger charge is -2.26. The van der Waals surface area contributed by atoms with E-state index in [2.05, 4.69) is 17.6 Å². The van der Waals surface area contributed by atoms with E-state index in [1.54, 1.807) is 0 Å². The quantitative estimate of drug-likeness (QED) is 0.569. The van der Waals surface area contributed by atoms with Gasteiger partial charge in [-0.15, -0.1) is 0 Å². The van der Waals surface area contributed by atoms with Gasteiger partial charge in [0.1, 0.15) is 5.82 Å². The fourth-order valence-electron chi connectivity index (χ4n) is 2.13. The highest BCUT2D eigenvalue weighted by Gasteiger charge is 2.24. The second kappa shape index (κ2) is 4.03. The van der Waals surface area contributed by atoms with E-state index in [1.165, 1.54) is 0 Å². The van der Waals surface area contributed by atoms with Gasteiger partial charge in [0.25, 0.3) is 0 Å². The Morgan fingerprint density at radius 1 is 1.29 bits per heavy atom. The lowest BCUT2D eigenvalue weighted by molar-refractivity contribution is -0.117. The molecule has 0 aromatic carbocycles. The van der Waals surface area contributed by atoms with Crippen LogP contribution < -0.4 is 10.6 Å². The third-order valence-corrected chi connectivity index (χ3v) is 3.01. The van der Waals surface area contributed by atoms with Gasteiger partial charge < -0.3 is 10.6 Å². The number of nitrogens with one attached hydrogen (secondary N) is 2. The normalized spacial score (nSPS) is 28.4. The predicted octanol–water partition coefficient (Wildman–Crippen LogP) is 1.17. The topological polar surface area (TPSA) is 41.1 Å². The number of carbonyl (C=O) groups excluding carboxylic acids is 1. The first-order valence-corrected chi connectivity index (χ1v) is 5.51. The maximum absolute atomic E-state index is 11.7. The number of ketones is 1. The monoisotopic (exact) mass is 194 g/mol. The maximum Gasteiger partial charge on any atom is 0.162 e. The van der Waals surface area contributed by atoms with Crippen molar-refractivity contribution < 1.29 is 4.79 Å². The fourth-order valence-corrected chi connectivity index (χ4v) is 2.13. The van der Waals surface area contributed by atoms with Crippen LogP contribution in [0.15, 0.2) is 11.4 Å². The highest BCUT2D eigenvalue weighted by atomic mass is 16.1. The molecule has 3 nitrogen and oxygen atoms in total. The molecule has 2 rings (SSSR count). The predicted molar refractivity (Wildman–Crippen MR) is 55.7 cm³/mol. The molecule has 0 amide bonds. The van der Waals surface area contributed by atoms with Gasteiger partial charge in [-0.3, -0.25) is 4.79 Å². The standard InChI is InChI=1S/C11H18N2O/c1-8-3-4-10(14)9(7-8)11-12-5-2-6-13-11/h8,12-13H,2-7H2,1H3. The highest BCUT2D eigenvalue weighted by Crippen LogP contribution is 2.26. The Morgan fingerprint density at radius 2 is 2.00 bits per heavy atom. The molecule has 0 aromatic heterocycles. The molecule has 2 fully saturated rings. The minimum absolute atomic E-state index is 0.333. The zero-order valence-corrected chi connectivity index (χ0v) is 8.73. The third kappa shape index (κ3) is 1.91. The van der Waals surface area contributed by atoms with Gasteiger partial charge in [0.2, 0.25) is 0 Å². The van der Waals surface area contributed by atoms with Crippen molar-refractivity contribution in [3.05, 3.63) is 11.4 Å². The molecule has 1 unspecified atom stereocenters. The molecule has 1 heterocycles. The number of Topliss-reactive ketones (excluding diaryl/α,β-unsaturated/α-hetero) is 1.